The van der Waals surface area contributed by atoms with E-state index in [4.69, 9.17) is 9.47 Å². The maximum absolute atomic E-state index is 12.8. The second-order valence-electron chi connectivity index (χ2n) is 4.88. The summed E-state index contributed by atoms with van der Waals surface area (Å²) in [6.45, 7) is 4.60. The highest BCUT2D eigenvalue weighted by Crippen LogP contribution is 2.27. The molecule has 0 N–H and O–H groups in total. The number of hydrogen-bond acceptors (Lipinski definition) is 3. The number of rotatable bonds is 6. The lowest BCUT2D eigenvalue weighted by atomic mass is 10.0. The highest BCUT2D eigenvalue weighted by Gasteiger charge is 2.18. The summed E-state index contributed by atoms with van der Waals surface area (Å²) < 4.78 is 11.0. The summed E-state index contributed by atoms with van der Waals surface area (Å²) in [5, 5.41) is 0. The largest absolute Gasteiger partial charge is 0.496 e. The van der Waals surface area contributed by atoms with E-state index in [1.807, 2.05) is 44.2 Å². The van der Waals surface area contributed by atoms with Crippen LogP contribution in [0, 0.1) is 6.92 Å². The summed E-state index contributed by atoms with van der Waals surface area (Å²) in [6.07, 6.45) is 0.899. The first kappa shape index (κ1) is 15.1. The van der Waals surface area contributed by atoms with E-state index in [9.17, 15) is 4.79 Å². The Morgan fingerprint density at radius 1 is 1.05 bits per heavy atom. The van der Waals surface area contributed by atoms with Gasteiger partial charge >= 0.3 is 0 Å². The van der Waals surface area contributed by atoms with Crippen LogP contribution in [0.2, 0.25) is 0 Å². The molecule has 0 aliphatic heterocycles. The Bertz CT molecular complexity index is 632. The molecule has 2 aromatic rings. The van der Waals surface area contributed by atoms with E-state index in [1.165, 1.54) is 0 Å². The molecule has 110 valence electrons. The molecule has 21 heavy (non-hydrogen) atoms. The van der Waals surface area contributed by atoms with Crippen molar-refractivity contribution in [2.75, 3.05) is 13.7 Å². The van der Waals surface area contributed by atoms with Crippen LogP contribution in [0.25, 0.3) is 0 Å². The number of methoxy groups -OCH3 is 1. The number of benzene rings is 2. The number of carbonyl (C=O) groups is 1. The number of carbonyl (C=O) groups excluding carboxylic acids is 1. The van der Waals surface area contributed by atoms with Gasteiger partial charge in [0, 0.05) is 0 Å². The van der Waals surface area contributed by atoms with E-state index < -0.39 is 0 Å². The second kappa shape index (κ2) is 6.93. The zero-order chi connectivity index (χ0) is 15.2. The maximum atomic E-state index is 12.8. The van der Waals surface area contributed by atoms with Gasteiger partial charge in [-0.15, -0.1) is 0 Å². The predicted octanol–water partition coefficient (Wildman–Crippen LogP) is 4.02. The van der Waals surface area contributed by atoms with Crippen molar-refractivity contribution < 1.29 is 14.3 Å². The summed E-state index contributed by atoms with van der Waals surface area (Å²) >= 11 is 0. The Hall–Kier alpha value is -2.29. The first-order chi connectivity index (χ1) is 10.2. The molecule has 0 unspecified atom stereocenters. The molecule has 2 aromatic carbocycles. The smallest absolute Gasteiger partial charge is 0.200 e. The molecule has 0 amide bonds. The SMILES string of the molecule is CCCOc1ccccc1C(=O)c1ccc(C)cc1OC. The summed E-state index contributed by atoms with van der Waals surface area (Å²) in [6, 6.07) is 12.9. The number of para-hydroxylation sites is 1. The molecule has 0 bridgehead atoms. The monoisotopic (exact) mass is 284 g/mol. The van der Waals surface area contributed by atoms with Gasteiger partial charge < -0.3 is 9.47 Å². The van der Waals surface area contributed by atoms with E-state index >= 15 is 0 Å². The van der Waals surface area contributed by atoms with Crippen molar-refractivity contribution in [2.45, 2.75) is 20.3 Å². The van der Waals surface area contributed by atoms with Crippen LogP contribution in [0.1, 0.15) is 34.8 Å². The van der Waals surface area contributed by atoms with Gasteiger partial charge in [0.05, 0.1) is 24.8 Å². The summed E-state index contributed by atoms with van der Waals surface area (Å²) in [7, 11) is 1.57. The summed E-state index contributed by atoms with van der Waals surface area (Å²) in [5.74, 6) is 1.12. The normalized spacial score (nSPS) is 10.2. The third-order valence-electron chi connectivity index (χ3n) is 3.20. The van der Waals surface area contributed by atoms with Crippen molar-refractivity contribution in [2.24, 2.45) is 0 Å². The second-order valence-corrected chi connectivity index (χ2v) is 4.88. The Labute approximate surface area is 125 Å². The lowest BCUT2D eigenvalue weighted by Gasteiger charge is -2.12. The lowest BCUT2D eigenvalue weighted by molar-refractivity contribution is 0.103. The van der Waals surface area contributed by atoms with Gasteiger partial charge in [-0.25, -0.2) is 0 Å². The van der Waals surface area contributed by atoms with Gasteiger partial charge in [-0.05, 0) is 43.2 Å². The average molecular weight is 284 g/mol. The fourth-order valence-electron chi connectivity index (χ4n) is 2.12. The van der Waals surface area contributed by atoms with Crippen molar-refractivity contribution in [1.82, 2.24) is 0 Å². The minimum atomic E-state index is -0.0847. The number of ketones is 1. The van der Waals surface area contributed by atoms with Crippen LogP contribution < -0.4 is 9.47 Å². The molecule has 0 aliphatic rings. The molecule has 0 aliphatic carbocycles. The first-order valence-corrected chi connectivity index (χ1v) is 7.08. The minimum Gasteiger partial charge on any atom is -0.496 e. The summed E-state index contributed by atoms with van der Waals surface area (Å²) in [5.41, 5.74) is 2.17. The standard InChI is InChI=1S/C18H20O3/c1-4-11-21-16-8-6-5-7-14(16)18(19)15-10-9-13(2)12-17(15)20-3/h5-10,12H,4,11H2,1-3H3. The molecule has 0 aromatic heterocycles. The fraction of sp³-hybridized carbons (Fsp3) is 0.278. The van der Waals surface area contributed by atoms with Crippen molar-refractivity contribution in [3.8, 4) is 11.5 Å². The molecule has 0 saturated carbocycles. The molecular formula is C18H20O3. The van der Waals surface area contributed by atoms with Crippen LogP contribution in [-0.4, -0.2) is 19.5 Å². The molecule has 0 atom stereocenters. The van der Waals surface area contributed by atoms with Gasteiger partial charge in [0.15, 0.2) is 5.78 Å². The third-order valence-corrected chi connectivity index (χ3v) is 3.20. The van der Waals surface area contributed by atoms with Crippen molar-refractivity contribution >= 4 is 5.78 Å². The molecule has 0 heterocycles. The van der Waals surface area contributed by atoms with E-state index in [1.54, 1.807) is 19.2 Å². The van der Waals surface area contributed by atoms with Gasteiger partial charge in [-0.1, -0.05) is 25.1 Å². The van der Waals surface area contributed by atoms with Gasteiger partial charge in [0.2, 0.25) is 0 Å². The number of aryl methyl sites for hydroxylation is 1. The van der Waals surface area contributed by atoms with Crippen LogP contribution >= 0.6 is 0 Å². The minimum absolute atomic E-state index is 0.0847. The first-order valence-electron chi connectivity index (χ1n) is 7.08. The van der Waals surface area contributed by atoms with Gasteiger partial charge in [-0.2, -0.15) is 0 Å². The quantitative estimate of drug-likeness (QED) is 0.751. The molecule has 0 fully saturated rings. The van der Waals surface area contributed by atoms with E-state index in [-0.39, 0.29) is 5.78 Å². The van der Waals surface area contributed by atoms with Crippen molar-refractivity contribution in [3.63, 3.8) is 0 Å². The molecule has 3 heteroatoms. The molecule has 3 nitrogen and oxygen atoms in total. The maximum Gasteiger partial charge on any atom is 0.200 e. The third kappa shape index (κ3) is 3.43. The number of ether oxygens (including phenoxy) is 2. The predicted molar refractivity (Wildman–Crippen MR) is 83.4 cm³/mol. The van der Waals surface area contributed by atoms with E-state index in [2.05, 4.69) is 0 Å². The highest BCUT2D eigenvalue weighted by molar-refractivity contribution is 6.12. The van der Waals surface area contributed by atoms with Crippen molar-refractivity contribution in [3.05, 3.63) is 59.2 Å². The Morgan fingerprint density at radius 3 is 2.48 bits per heavy atom. The molecule has 0 spiro atoms. The highest BCUT2D eigenvalue weighted by atomic mass is 16.5. The van der Waals surface area contributed by atoms with Crippen LogP contribution in [0.5, 0.6) is 11.5 Å². The zero-order valence-electron chi connectivity index (χ0n) is 12.7. The lowest BCUT2D eigenvalue weighted by Crippen LogP contribution is -2.07. The molecule has 0 saturated heterocycles. The fourth-order valence-corrected chi connectivity index (χ4v) is 2.12. The van der Waals surface area contributed by atoms with Gasteiger partial charge in [-0.3, -0.25) is 4.79 Å². The summed E-state index contributed by atoms with van der Waals surface area (Å²) in [4.78, 5) is 12.8. The van der Waals surface area contributed by atoms with E-state index in [0.717, 1.165) is 12.0 Å². The van der Waals surface area contributed by atoms with Crippen LogP contribution in [0.15, 0.2) is 42.5 Å². The molecular weight excluding hydrogens is 264 g/mol. The van der Waals surface area contributed by atoms with E-state index in [0.29, 0.717) is 29.2 Å². The van der Waals surface area contributed by atoms with Crippen LogP contribution in [-0.2, 0) is 0 Å². The Balaban J connectivity index is 2.40. The number of hydrogen-bond donors (Lipinski definition) is 0. The average Bonchev–Trinajstić information content (AvgIpc) is 2.52. The van der Waals surface area contributed by atoms with Crippen LogP contribution in [0.4, 0.5) is 0 Å². The Kier molecular flexibility index (Phi) is 4.99. The van der Waals surface area contributed by atoms with Crippen molar-refractivity contribution in [1.29, 1.82) is 0 Å². The van der Waals surface area contributed by atoms with Gasteiger partial charge in [0.25, 0.3) is 0 Å². The molecule has 0 radical (unpaired) electrons. The van der Waals surface area contributed by atoms with Gasteiger partial charge in [0.1, 0.15) is 11.5 Å². The van der Waals surface area contributed by atoms with Crippen LogP contribution in [0.3, 0.4) is 0 Å². The molecule has 2 rings (SSSR count). The zero-order valence-corrected chi connectivity index (χ0v) is 12.7. The Morgan fingerprint density at radius 2 is 1.76 bits per heavy atom. The topological polar surface area (TPSA) is 35.5 Å².